The van der Waals surface area contributed by atoms with Crippen molar-refractivity contribution in [2.24, 2.45) is 0 Å². The molecule has 0 atom stereocenters. The van der Waals surface area contributed by atoms with Gasteiger partial charge in [0.15, 0.2) is 0 Å². The summed E-state index contributed by atoms with van der Waals surface area (Å²) in [7, 11) is 0. The zero-order valence-corrected chi connectivity index (χ0v) is 17.8. The van der Waals surface area contributed by atoms with E-state index >= 15 is 0 Å². The molecular weight excluding hydrogens is 425 g/mol. The number of aromatic nitrogens is 4. The lowest BCUT2D eigenvalue weighted by Crippen LogP contribution is -2.39. The molecule has 1 fully saturated rings. The highest BCUT2D eigenvalue weighted by atomic mass is 19.4. The molecule has 3 aromatic rings. The van der Waals surface area contributed by atoms with E-state index in [2.05, 4.69) is 25.2 Å². The molecule has 0 spiro atoms. The second-order valence-corrected chi connectivity index (χ2v) is 8.03. The number of nitrogens with one attached hydrogen (secondary N) is 3. The Morgan fingerprint density at radius 1 is 1.31 bits per heavy atom. The van der Waals surface area contributed by atoms with Crippen molar-refractivity contribution < 1.29 is 22.7 Å². The Balaban J connectivity index is 1.56. The first-order valence-electron chi connectivity index (χ1n) is 10.9. The number of nitrogens with zero attached hydrogens (tertiary/aromatic N) is 3. The van der Waals surface area contributed by atoms with Crippen molar-refractivity contribution in [2.45, 2.75) is 57.3 Å². The van der Waals surface area contributed by atoms with E-state index in [4.69, 9.17) is 9.72 Å². The molecule has 0 aromatic carbocycles. The zero-order chi connectivity index (χ0) is 22.7. The normalized spacial score (nSPS) is 19.5. The number of ether oxygens (including phenoxy) is 1. The molecule has 8 nitrogen and oxygen atoms in total. The fourth-order valence-electron chi connectivity index (χ4n) is 4.47. The molecular formula is C21H27F3N6O2. The highest BCUT2D eigenvalue weighted by Crippen LogP contribution is 2.35. The number of imidazole rings is 1. The van der Waals surface area contributed by atoms with Crippen LogP contribution in [0.3, 0.4) is 0 Å². The molecule has 4 rings (SSSR count). The van der Waals surface area contributed by atoms with Crippen LogP contribution in [-0.4, -0.2) is 57.5 Å². The minimum atomic E-state index is -4.20. The summed E-state index contributed by atoms with van der Waals surface area (Å²) in [5, 5.41) is 6.32. The highest BCUT2D eigenvalue weighted by molar-refractivity contribution is 6.01. The van der Waals surface area contributed by atoms with Gasteiger partial charge in [-0.2, -0.15) is 13.2 Å². The Hall–Kier alpha value is -2.82. The van der Waals surface area contributed by atoms with E-state index in [1.54, 1.807) is 13.1 Å². The maximum absolute atomic E-state index is 12.6. The van der Waals surface area contributed by atoms with Crippen molar-refractivity contribution in [1.82, 2.24) is 30.2 Å². The van der Waals surface area contributed by atoms with Crippen LogP contribution in [-0.2, 0) is 11.2 Å². The lowest BCUT2D eigenvalue weighted by atomic mass is 9.90. The molecule has 32 heavy (non-hydrogen) atoms. The van der Waals surface area contributed by atoms with Gasteiger partial charge in [0, 0.05) is 36.6 Å². The monoisotopic (exact) mass is 452 g/mol. The summed E-state index contributed by atoms with van der Waals surface area (Å²) < 4.78 is 44.8. The van der Waals surface area contributed by atoms with Crippen LogP contribution in [0, 0.1) is 0 Å². The Morgan fingerprint density at radius 3 is 2.81 bits per heavy atom. The molecule has 174 valence electrons. The Labute approximate surface area is 182 Å². The first-order valence-corrected chi connectivity index (χ1v) is 10.9. The number of carbonyl (C=O) groups is 1. The average Bonchev–Trinajstić information content (AvgIpc) is 3.36. The van der Waals surface area contributed by atoms with E-state index in [9.17, 15) is 18.0 Å². The third-order valence-electron chi connectivity index (χ3n) is 5.85. The van der Waals surface area contributed by atoms with E-state index in [1.165, 1.54) is 0 Å². The molecule has 11 heteroatoms. The Kier molecular flexibility index (Phi) is 6.54. The fraction of sp³-hybridized carbons (Fsp3) is 0.571. The Bertz CT molecular complexity index is 1070. The largest absolute Gasteiger partial charge is 0.450 e. The van der Waals surface area contributed by atoms with Gasteiger partial charge in [0.05, 0.1) is 24.9 Å². The summed E-state index contributed by atoms with van der Waals surface area (Å²) >= 11 is 0. The number of carbonyl (C=O) groups excluding carboxylic acids is 1. The van der Waals surface area contributed by atoms with Crippen molar-refractivity contribution in [3.05, 3.63) is 24.3 Å². The molecule has 1 amide bonds. The van der Waals surface area contributed by atoms with Gasteiger partial charge in [0.25, 0.3) is 0 Å². The Morgan fingerprint density at radius 2 is 2.09 bits per heavy atom. The standard InChI is InChI=1S/C21H27F3N6O2/c1-2-32-20(31)26-10-8-17-29-16-11-27-19-15(7-9-25-19)18(16)30(17)14-5-3-13(4-6-14)28-12-21(22,23)24/h7,9,11,13-14,28H,2-6,8,10,12H2,1H3,(H,25,27)(H,26,31)/t13-,14-. The van der Waals surface area contributed by atoms with Gasteiger partial charge < -0.3 is 24.9 Å². The lowest BCUT2D eigenvalue weighted by Gasteiger charge is -2.31. The SMILES string of the molecule is CCOC(=O)NCCc1nc2cnc3[nH]ccc3c2n1[C@H]1CC[C@H](NCC(F)(F)F)CC1. The number of pyridine rings is 1. The first kappa shape index (κ1) is 22.4. The average molecular weight is 452 g/mol. The molecule has 0 aliphatic heterocycles. The number of amides is 1. The smallest absolute Gasteiger partial charge is 0.407 e. The molecule has 0 unspecified atom stereocenters. The number of hydrogen-bond donors (Lipinski definition) is 3. The predicted molar refractivity (Wildman–Crippen MR) is 113 cm³/mol. The number of rotatable bonds is 7. The molecule has 3 heterocycles. The number of hydrogen-bond acceptors (Lipinski definition) is 5. The minimum Gasteiger partial charge on any atom is -0.450 e. The van der Waals surface area contributed by atoms with Crippen molar-refractivity contribution in [2.75, 3.05) is 19.7 Å². The highest BCUT2D eigenvalue weighted by Gasteiger charge is 2.31. The maximum atomic E-state index is 12.6. The minimum absolute atomic E-state index is 0.113. The van der Waals surface area contributed by atoms with Crippen LogP contribution >= 0.6 is 0 Å². The van der Waals surface area contributed by atoms with E-state index in [0.29, 0.717) is 32.4 Å². The van der Waals surface area contributed by atoms with Crippen LogP contribution in [0.2, 0.25) is 0 Å². The quantitative estimate of drug-likeness (QED) is 0.506. The van der Waals surface area contributed by atoms with E-state index in [-0.39, 0.29) is 12.1 Å². The van der Waals surface area contributed by atoms with Crippen molar-refractivity contribution in [3.63, 3.8) is 0 Å². The van der Waals surface area contributed by atoms with Crippen LogP contribution in [0.15, 0.2) is 18.5 Å². The van der Waals surface area contributed by atoms with Crippen molar-refractivity contribution >= 4 is 28.2 Å². The second-order valence-electron chi connectivity index (χ2n) is 8.03. The summed E-state index contributed by atoms with van der Waals surface area (Å²) in [5.41, 5.74) is 2.49. The van der Waals surface area contributed by atoms with Crippen molar-refractivity contribution in [3.8, 4) is 0 Å². The number of fused-ring (bicyclic) bond motifs is 3. The first-order chi connectivity index (χ1) is 15.4. The maximum Gasteiger partial charge on any atom is 0.407 e. The number of aromatic amines is 1. The summed E-state index contributed by atoms with van der Waals surface area (Å²) in [6.07, 6.45) is 2.18. The summed E-state index contributed by atoms with van der Waals surface area (Å²) in [6, 6.07) is 1.92. The molecule has 0 radical (unpaired) electrons. The van der Waals surface area contributed by atoms with Gasteiger partial charge in [-0.05, 0) is 38.7 Å². The number of H-pyrrole nitrogens is 1. The third-order valence-corrected chi connectivity index (χ3v) is 5.85. The number of alkyl halides is 3. The molecule has 1 saturated carbocycles. The van der Waals surface area contributed by atoms with Gasteiger partial charge in [0.1, 0.15) is 17.0 Å². The van der Waals surface area contributed by atoms with Gasteiger partial charge in [-0.25, -0.2) is 14.8 Å². The third kappa shape index (κ3) is 4.98. The summed E-state index contributed by atoms with van der Waals surface area (Å²) in [6.45, 7) is 1.45. The topological polar surface area (TPSA) is 96.9 Å². The van der Waals surface area contributed by atoms with Crippen LogP contribution in [0.4, 0.5) is 18.0 Å². The summed E-state index contributed by atoms with van der Waals surface area (Å²) in [4.78, 5) is 24.0. The van der Waals surface area contributed by atoms with Crippen LogP contribution < -0.4 is 10.6 Å². The van der Waals surface area contributed by atoms with Crippen molar-refractivity contribution in [1.29, 1.82) is 0 Å². The molecule has 1 aliphatic carbocycles. The van der Waals surface area contributed by atoms with Crippen LogP contribution in [0.1, 0.15) is 44.5 Å². The van der Waals surface area contributed by atoms with Crippen LogP contribution in [0.25, 0.3) is 22.1 Å². The molecule has 1 aliphatic rings. The van der Waals surface area contributed by atoms with Gasteiger partial charge >= 0.3 is 12.3 Å². The van der Waals surface area contributed by atoms with E-state index in [0.717, 1.165) is 40.7 Å². The lowest BCUT2D eigenvalue weighted by molar-refractivity contribution is -0.126. The fourth-order valence-corrected chi connectivity index (χ4v) is 4.47. The zero-order valence-electron chi connectivity index (χ0n) is 17.8. The summed E-state index contributed by atoms with van der Waals surface area (Å²) in [5.74, 6) is 0.819. The molecule has 3 aromatic heterocycles. The van der Waals surface area contributed by atoms with E-state index in [1.807, 2.05) is 12.3 Å². The molecule has 0 bridgehead atoms. The van der Waals surface area contributed by atoms with Gasteiger partial charge in [0.2, 0.25) is 0 Å². The number of halogens is 3. The van der Waals surface area contributed by atoms with E-state index < -0.39 is 18.8 Å². The molecule has 3 N–H and O–H groups in total. The van der Waals surface area contributed by atoms with Gasteiger partial charge in [-0.15, -0.1) is 0 Å². The molecule has 0 saturated heterocycles. The van der Waals surface area contributed by atoms with Crippen LogP contribution in [0.5, 0.6) is 0 Å². The predicted octanol–water partition coefficient (Wildman–Crippen LogP) is 3.84. The number of alkyl carbamates (subject to hydrolysis) is 1. The van der Waals surface area contributed by atoms with Gasteiger partial charge in [-0.3, -0.25) is 0 Å². The van der Waals surface area contributed by atoms with Gasteiger partial charge in [-0.1, -0.05) is 0 Å². The second kappa shape index (κ2) is 9.35.